The molecule has 1 aliphatic heterocycles. The average molecular weight is 415 g/mol. The number of aliphatic hydroxyl groups is 1. The summed E-state index contributed by atoms with van der Waals surface area (Å²) in [5.41, 5.74) is 2.41. The fourth-order valence-corrected chi connectivity index (χ4v) is 3.58. The van der Waals surface area contributed by atoms with Crippen LogP contribution < -0.4 is 0 Å². The Bertz CT molecular complexity index is 902. The van der Waals surface area contributed by atoms with Crippen molar-refractivity contribution in [2.45, 2.75) is 45.9 Å². The van der Waals surface area contributed by atoms with Gasteiger partial charge in [-0.2, -0.15) is 5.10 Å². The van der Waals surface area contributed by atoms with Crippen molar-refractivity contribution in [3.05, 3.63) is 52.8 Å². The SMILES string of the molecule is Cn1nc2c(c1C(=O)N(CCO)Cc1ccccc1)CN(C(=O)OC(C)(C)C)CC2. The fraction of sp³-hybridized carbons (Fsp3) is 0.500. The van der Waals surface area contributed by atoms with Gasteiger partial charge in [-0.3, -0.25) is 9.48 Å². The van der Waals surface area contributed by atoms with Gasteiger partial charge in [-0.05, 0) is 26.3 Å². The summed E-state index contributed by atoms with van der Waals surface area (Å²) < 4.78 is 7.08. The largest absolute Gasteiger partial charge is 0.444 e. The molecular formula is C22H30N4O4. The molecule has 0 saturated carbocycles. The Labute approximate surface area is 177 Å². The second kappa shape index (κ2) is 8.87. The molecule has 2 aromatic rings. The van der Waals surface area contributed by atoms with Crippen molar-refractivity contribution in [3.63, 3.8) is 0 Å². The van der Waals surface area contributed by atoms with Crippen LogP contribution >= 0.6 is 0 Å². The van der Waals surface area contributed by atoms with Crippen LogP contribution in [0.3, 0.4) is 0 Å². The first-order valence-corrected chi connectivity index (χ1v) is 10.2. The highest BCUT2D eigenvalue weighted by Crippen LogP contribution is 2.25. The number of ether oxygens (including phenoxy) is 1. The molecule has 0 unspecified atom stereocenters. The van der Waals surface area contributed by atoms with E-state index < -0.39 is 11.7 Å². The van der Waals surface area contributed by atoms with E-state index in [1.165, 1.54) is 0 Å². The molecule has 1 aromatic heterocycles. The van der Waals surface area contributed by atoms with Crippen LogP contribution in [0.2, 0.25) is 0 Å². The van der Waals surface area contributed by atoms with Crippen LogP contribution in [0.4, 0.5) is 4.79 Å². The van der Waals surface area contributed by atoms with Crippen molar-refractivity contribution in [1.82, 2.24) is 19.6 Å². The van der Waals surface area contributed by atoms with Gasteiger partial charge in [0.1, 0.15) is 11.3 Å². The summed E-state index contributed by atoms with van der Waals surface area (Å²) in [7, 11) is 1.74. The standard InChI is InChI=1S/C22H30N4O4/c1-22(2,3)30-21(29)26-11-10-18-17(15-26)19(24(4)23-18)20(28)25(12-13-27)14-16-8-6-5-7-9-16/h5-9,27H,10-15H2,1-4H3. The van der Waals surface area contributed by atoms with Crippen molar-refractivity contribution in [2.24, 2.45) is 7.05 Å². The molecule has 162 valence electrons. The van der Waals surface area contributed by atoms with Gasteiger partial charge in [0, 0.05) is 38.7 Å². The highest BCUT2D eigenvalue weighted by atomic mass is 16.6. The number of carbonyl (C=O) groups excluding carboxylic acids is 2. The average Bonchev–Trinajstić information content (AvgIpc) is 3.01. The van der Waals surface area contributed by atoms with E-state index in [0.717, 1.165) is 16.8 Å². The van der Waals surface area contributed by atoms with Gasteiger partial charge in [-0.25, -0.2) is 4.79 Å². The Hall–Kier alpha value is -2.87. The van der Waals surface area contributed by atoms with E-state index in [9.17, 15) is 14.7 Å². The van der Waals surface area contributed by atoms with Crippen LogP contribution in [-0.2, 0) is 31.3 Å². The Kier molecular flexibility index (Phi) is 6.45. The molecule has 1 aliphatic rings. The Morgan fingerprint density at radius 1 is 1.23 bits per heavy atom. The summed E-state index contributed by atoms with van der Waals surface area (Å²) in [6.45, 7) is 6.72. The van der Waals surface area contributed by atoms with Gasteiger partial charge in [0.05, 0.1) is 18.8 Å². The summed E-state index contributed by atoms with van der Waals surface area (Å²) in [4.78, 5) is 29.2. The lowest BCUT2D eigenvalue weighted by atomic mass is 10.0. The molecule has 0 fully saturated rings. The molecule has 30 heavy (non-hydrogen) atoms. The first kappa shape index (κ1) is 21.8. The second-order valence-electron chi connectivity index (χ2n) is 8.49. The monoisotopic (exact) mass is 414 g/mol. The predicted octanol–water partition coefficient (Wildman–Crippen LogP) is 2.35. The smallest absolute Gasteiger partial charge is 0.410 e. The van der Waals surface area contributed by atoms with Crippen LogP contribution in [0, 0.1) is 0 Å². The number of rotatable bonds is 5. The number of aliphatic hydroxyl groups excluding tert-OH is 1. The number of fused-ring (bicyclic) bond motifs is 1. The zero-order valence-electron chi connectivity index (χ0n) is 18.1. The van der Waals surface area contributed by atoms with Crippen LogP contribution in [0.15, 0.2) is 30.3 Å². The molecule has 0 atom stereocenters. The zero-order valence-corrected chi connectivity index (χ0v) is 18.1. The summed E-state index contributed by atoms with van der Waals surface area (Å²) in [5.74, 6) is -0.213. The highest BCUT2D eigenvalue weighted by Gasteiger charge is 2.33. The zero-order chi connectivity index (χ0) is 21.9. The van der Waals surface area contributed by atoms with Crippen LogP contribution in [-0.4, -0.2) is 62.0 Å². The van der Waals surface area contributed by atoms with Crippen LogP contribution in [0.5, 0.6) is 0 Å². The quantitative estimate of drug-likeness (QED) is 0.811. The maximum Gasteiger partial charge on any atom is 0.410 e. The molecule has 0 radical (unpaired) electrons. The summed E-state index contributed by atoms with van der Waals surface area (Å²) in [6, 6.07) is 9.65. The number of aromatic nitrogens is 2. The minimum absolute atomic E-state index is 0.136. The van der Waals surface area contributed by atoms with E-state index in [0.29, 0.717) is 25.2 Å². The van der Waals surface area contributed by atoms with E-state index in [1.807, 2.05) is 51.1 Å². The molecule has 2 heterocycles. The molecule has 0 spiro atoms. The first-order valence-electron chi connectivity index (χ1n) is 10.2. The van der Waals surface area contributed by atoms with Gasteiger partial charge in [0.15, 0.2) is 0 Å². The summed E-state index contributed by atoms with van der Waals surface area (Å²) in [6.07, 6.45) is 0.167. The topological polar surface area (TPSA) is 87.9 Å². The third kappa shape index (κ3) is 4.99. The minimum atomic E-state index is -0.585. The number of nitrogens with zero attached hydrogens (tertiary/aromatic N) is 4. The molecule has 8 nitrogen and oxygen atoms in total. The van der Waals surface area contributed by atoms with E-state index >= 15 is 0 Å². The normalized spacial score (nSPS) is 13.7. The first-order chi connectivity index (χ1) is 14.2. The number of amides is 2. The minimum Gasteiger partial charge on any atom is -0.444 e. The fourth-order valence-electron chi connectivity index (χ4n) is 3.58. The molecule has 0 bridgehead atoms. The third-order valence-electron chi connectivity index (χ3n) is 4.92. The van der Waals surface area contributed by atoms with Crippen molar-refractivity contribution >= 4 is 12.0 Å². The molecule has 3 rings (SSSR count). The summed E-state index contributed by atoms with van der Waals surface area (Å²) >= 11 is 0. The lowest BCUT2D eigenvalue weighted by molar-refractivity contribution is 0.0222. The van der Waals surface area contributed by atoms with E-state index in [1.54, 1.807) is 21.5 Å². The van der Waals surface area contributed by atoms with Gasteiger partial charge in [-0.1, -0.05) is 30.3 Å². The molecule has 2 amide bonds. The number of benzene rings is 1. The van der Waals surface area contributed by atoms with Crippen molar-refractivity contribution in [3.8, 4) is 0 Å². The second-order valence-corrected chi connectivity index (χ2v) is 8.49. The predicted molar refractivity (Wildman–Crippen MR) is 112 cm³/mol. The lowest BCUT2D eigenvalue weighted by Crippen LogP contribution is -2.41. The van der Waals surface area contributed by atoms with Crippen LogP contribution in [0.1, 0.15) is 48.1 Å². The van der Waals surface area contributed by atoms with Crippen molar-refractivity contribution in [1.29, 1.82) is 0 Å². The van der Waals surface area contributed by atoms with E-state index in [2.05, 4.69) is 5.10 Å². The van der Waals surface area contributed by atoms with Gasteiger partial charge < -0.3 is 19.6 Å². The number of carbonyl (C=O) groups is 2. The van der Waals surface area contributed by atoms with E-state index in [4.69, 9.17) is 4.74 Å². The van der Waals surface area contributed by atoms with Gasteiger partial charge in [-0.15, -0.1) is 0 Å². The van der Waals surface area contributed by atoms with E-state index in [-0.39, 0.29) is 25.6 Å². The Morgan fingerprint density at radius 2 is 1.93 bits per heavy atom. The molecule has 1 aromatic carbocycles. The Balaban J connectivity index is 1.85. The maximum absolute atomic E-state index is 13.4. The Morgan fingerprint density at radius 3 is 2.57 bits per heavy atom. The molecular weight excluding hydrogens is 384 g/mol. The van der Waals surface area contributed by atoms with Crippen molar-refractivity contribution < 1.29 is 19.4 Å². The number of aryl methyl sites for hydroxylation is 1. The highest BCUT2D eigenvalue weighted by molar-refractivity contribution is 5.94. The number of hydrogen-bond acceptors (Lipinski definition) is 5. The van der Waals surface area contributed by atoms with Gasteiger partial charge in [0.25, 0.3) is 5.91 Å². The summed E-state index contributed by atoms with van der Waals surface area (Å²) in [5, 5.41) is 14.0. The van der Waals surface area contributed by atoms with Crippen molar-refractivity contribution in [2.75, 3.05) is 19.7 Å². The van der Waals surface area contributed by atoms with Gasteiger partial charge in [0.2, 0.25) is 0 Å². The van der Waals surface area contributed by atoms with Gasteiger partial charge >= 0.3 is 6.09 Å². The molecule has 1 N–H and O–H groups in total. The number of hydrogen-bond donors (Lipinski definition) is 1. The third-order valence-corrected chi connectivity index (χ3v) is 4.92. The molecule has 0 saturated heterocycles. The lowest BCUT2D eigenvalue weighted by Gasteiger charge is -2.30. The van der Waals surface area contributed by atoms with Crippen LogP contribution in [0.25, 0.3) is 0 Å². The molecule has 8 heteroatoms. The molecule has 0 aliphatic carbocycles. The maximum atomic E-state index is 13.4.